The van der Waals surface area contributed by atoms with Gasteiger partial charge in [-0.15, -0.1) is 0 Å². The van der Waals surface area contributed by atoms with E-state index in [2.05, 4.69) is 42.7 Å². The molecule has 0 saturated heterocycles. The van der Waals surface area contributed by atoms with Crippen molar-refractivity contribution in [1.29, 1.82) is 0 Å². The third-order valence-electron chi connectivity index (χ3n) is 9.70. The normalized spacial score (nSPS) is 13.9. The zero-order valence-electron chi connectivity index (χ0n) is 35.5. The minimum atomic E-state index is -4.71. The van der Waals surface area contributed by atoms with Crippen molar-refractivity contribution >= 4 is 25.7 Å². The van der Waals surface area contributed by atoms with Gasteiger partial charge in [0, 0.05) is 12.8 Å². The van der Waals surface area contributed by atoms with Crippen LogP contribution < -0.4 is 5.73 Å². The lowest BCUT2D eigenvalue weighted by atomic mass is 10.1. The summed E-state index contributed by atoms with van der Waals surface area (Å²) in [4.78, 5) is 45.9. The standard InChI is InChI=1S/C44H82NO10P/c1-3-5-7-9-11-13-15-16-17-18-19-20-21-22-23-24-26-28-30-32-34-36-43(47)55-40(38-53-56(50,51)54-39-41(45)44(48)49)37-52-42(46)35-33-31-29-27-25-14-12-10-8-6-4-2/h15-16,18-19,40-41H,3-14,17,20-39,45H2,1-2H3,(H,48,49)(H,50,51)/b16-15-,19-18-. The van der Waals surface area contributed by atoms with Crippen LogP contribution in [0.5, 0.6) is 0 Å². The number of carbonyl (C=O) groups excluding carboxylic acids is 2. The molecule has 0 aromatic rings. The van der Waals surface area contributed by atoms with E-state index >= 15 is 0 Å². The van der Waals surface area contributed by atoms with Crippen LogP contribution >= 0.6 is 7.82 Å². The number of phosphoric ester groups is 1. The summed E-state index contributed by atoms with van der Waals surface area (Å²) in [5, 5.41) is 8.88. The lowest BCUT2D eigenvalue weighted by molar-refractivity contribution is -0.161. The Labute approximate surface area is 340 Å². The lowest BCUT2D eigenvalue weighted by Crippen LogP contribution is -2.34. The van der Waals surface area contributed by atoms with E-state index in [0.717, 1.165) is 51.4 Å². The van der Waals surface area contributed by atoms with Crippen LogP contribution in [0.1, 0.15) is 206 Å². The smallest absolute Gasteiger partial charge is 0.472 e. The van der Waals surface area contributed by atoms with Gasteiger partial charge in [0.05, 0.1) is 13.2 Å². The average Bonchev–Trinajstić information content (AvgIpc) is 3.17. The third kappa shape index (κ3) is 38.8. The van der Waals surface area contributed by atoms with Crippen LogP contribution in [-0.2, 0) is 37.5 Å². The van der Waals surface area contributed by atoms with Gasteiger partial charge in [-0.25, -0.2) is 4.57 Å². The molecular weight excluding hydrogens is 733 g/mol. The fourth-order valence-corrected chi connectivity index (χ4v) is 6.93. The Morgan fingerprint density at radius 3 is 1.39 bits per heavy atom. The van der Waals surface area contributed by atoms with E-state index in [9.17, 15) is 23.8 Å². The molecule has 0 amide bonds. The molecule has 0 aliphatic heterocycles. The van der Waals surface area contributed by atoms with Gasteiger partial charge < -0.3 is 25.2 Å². The van der Waals surface area contributed by atoms with Gasteiger partial charge in [-0.3, -0.25) is 23.4 Å². The molecule has 0 fully saturated rings. The number of carboxylic acid groups (broad SMARTS) is 1. The molecule has 0 radical (unpaired) electrons. The van der Waals surface area contributed by atoms with E-state index in [1.807, 2.05) is 0 Å². The number of carboxylic acids is 1. The largest absolute Gasteiger partial charge is 0.480 e. The number of carbonyl (C=O) groups is 3. The number of hydrogen-bond donors (Lipinski definition) is 3. The molecular formula is C44H82NO10P. The van der Waals surface area contributed by atoms with Crippen molar-refractivity contribution < 1.29 is 47.5 Å². The first-order valence-electron chi connectivity index (χ1n) is 22.4. The predicted octanol–water partition coefficient (Wildman–Crippen LogP) is 11.8. The molecule has 0 aromatic carbocycles. The van der Waals surface area contributed by atoms with E-state index in [0.29, 0.717) is 12.8 Å². The van der Waals surface area contributed by atoms with Crippen LogP contribution in [0.25, 0.3) is 0 Å². The fraction of sp³-hybridized carbons (Fsp3) is 0.841. The van der Waals surface area contributed by atoms with Crippen molar-refractivity contribution in [3.8, 4) is 0 Å². The molecule has 0 bridgehead atoms. The zero-order chi connectivity index (χ0) is 41.4. The van der Waals surface area contributed by atoms with E-state index in [1.54, 1.807) is 0 Å². The van der Waals surface area contributed by atoms with Gasteiger partial charge in [0.1, 0.15) is 12.6 Å². The maximum Gasteiger partial charge on any atom is 0.472 e. The van der Waals surface area contributed by atoms with E-state index in [-0.39, 0.29) is 19.4 Å². The molecule has 0 spiro atoms. The number of ether oxygens (including phenoxy) is 2. The number of phosphoric acid groups is 1. The molecule has 0 rings (SSSR count). The minimum Gasteiger partial charge on any atom is -0.480 e. The first-order chi connectivity index (χ1) is 27.1. The van der Waals surface area contributed by atoms with E-state index < -0.39 is 51.1 Å². The monoisotopic (exact) mass is 816 g/mol. The van der Waals surface area contributed by atoms with Crippen molar-refractivity contribution in [2.75, 3.05) is 19.8 Å². The van der Waals surface area contributed by atoms with Crippen molar-refractivity contribution in [1.82, 2.24) is 0 Å². The SMILES string of the molecule is CCCCCCC/C=C\C/C=C\CCCCCCCCCCCC(=O)OC(COC(=O)CCCCCCCCCCCCC)COP(=O)(O)OCC(N)C(=O)O. The van der Waals surface area contributed by atoms with Crippen molar-refractivity contribution in [3.05, 3.63) is 24.3 Å². The number of aliphatic carboxylic acids is 1. The number of esters is 2. The second-order valence-corrected chi connectivity index (χ2v) is 16.6. The molecule has 0 saturated carbocycles. The number of allylic oxidation sites excluding steroid dienone is 4. The molecule has 0 aliphatic rings. The van der Waals surface area contributed by atoms with Crippen molar-refractivity contribution in [3.63, 3.8) is 0 Å². The highest BCUT2D eigenvalue weighted by Crippen LogP contribution is 2.43. The summed E-state index contributed by atoms with van der Waals surface area (Å²) in [6, 6.07) is -1.52. The summed E-state index contributed by atoms with van der Waals surface area (Å²) >= 11 is 0. The van der Waals surface area contributed by atoms with Gasteiger partial charge in [-0.2, -0.15) is 0 Å². The summed E-state index contributed by atoms with van der Waals surface area (Å²) in [5.41, 5.74) is 5.33. The molecule has 0 aliphatic carbocycles. The minimum absolute atomic E-state index is 0.159. The summed E-state index contributed by atoms with van der Waals surface area (Å²) in [6.45, 7) is 2.79. The van der Waals surface area contributed by atoms with Crippen LogP contribution in [0.4, 0.5) is 0 Å². The first kappa shape index (κ1) is 54.0. The van der Waals surface area contributed by atoms with Gasteiger partial charge in [0.2, 0.25) is 0 Å². The maximum absolute atomic E-state index is 12.6. The van der Waals surface area contributed by atoms with Crippen LogP contribution in [-0.4, -0.2) is 59.9 Å². The number of nitrogens with two attached hydrogens (primary N) is 1. The van der Waals surface area contributed by atoms with Crippen LogP contribution in [0.2, 0.25) is 0 Å². The Balaban J connectivity index is 4.28. The quantitative estimate of drug-likeness (QED) is 0.0232. The summed E-state index contributed by atoms with van der Waals surface area (Å²) in [6.07, 6.45) is 41.0. The highest BCUT2D eigenvalue weighted by atomic mass is 31.2. The Kier molecular flexibility index (Phi) is 38.3. The Bertz CT molecular complexity index is 1050. The van der Waals surface area contributed by atoms with E-state index in [4.69, 9.17) is 24.8 Å². The molecule has 11 nitrogen and oxygen atoms in total. The van der Waals surface area contributed by atoms with Crippen molar-refractivity contribution in [2.45, 2.75) is 219 Å². The average molecular weight is 816 g/mol. The Hall–Kier alpha value is -2.04. The zero-order valence-corrected chi connectivity index (χ0v) is 36.4. The van der Waals surface area contributed by atoms with Gasteiger partial charge in [0.25, 0.3) is 0 Å². The molecule has 3 unspecified atom stereocenters. The van der Waals surface area contributed by atoms with Crippen LogP contribution in [0, 0.1) is 0 Å². The molecule has 0 heterocycles. The Morgan fingerprint density at radius 2 is 0.946 bits per heavy atom. The number of hydrogen-bond acceptors (Lipinski definition) is 9. The molecule has 0 aromatic heterocycles. The third-order valence-corrected chi connectivity index (χ3v) is 10.7. The highest BCUT2D eigenvalue weighted by molar-refractivity contribution is 7.47. The number of unbranched alkanes of at least 4 members (excludes halogenated alkanes) is 24. The molecule has 56 heavy (non-hydrogen) atoms. The fourth-order valence-electron chi connectivity index (χ4n) is 6.15. The molecule has 12 heteroatoms. The first-order valence-corrected chi connectivity index (χ1v) is 23.9. The second kappa shape index (κ2) is 39.8. The molecule has 3 atom stereocenters. The Morgan fingerprint density at radius 1 is 0.554 bits per heavy atom. The van der Waals surface area contributed by atoms with Crippen LogP contribution in [0.3, 0.4) is 0 Å². The second-order valence-electron chi connectivity index (χ2n) is 15.2. The van der Waals surface area contributed by atoms with Crippen LogP contribution in [0.15, 0.2) is 24.3 Å². The number of rotatable bonds is 42. The van der Waals surface area contributed by atoms with Gasteiger partial charge in [0.15, 0.2) is 6.10 Å². The predicted molar refractivity (Wildman–Crippen MR) is 226 cm³/mol. The molecule has 4 N–H and O–H groups in total. The van der Waals surface area contributed by atoms with Crippen molar-refractivity contribution in [2.24, 2.45) is 5.73 Å². The lowest BCUT2D eigenvalue weighted by Gasteiger charge is -2.20. The maximum atomic E-state index is 12.6. The van der Waals surface area contributed by atoms with E-state index in [1.165, 1.54) is 116 Å². The van der Waals surface area contributed by atoms with Gasteiger partial charge in [-0.1, -0.05) is 173 Å². The molecule has 328 valence electrons. The topological polar surface area (TPSA) is 172 Å². The van der Waals surface area contributed by atoms with Gasteiger partial charge in [-0.05, 0) is 44.9 Å². The summed E-state index contributed by atoms with van der Waals surface area (Å²) in [5.74, 6) is -2.38. The van der Waals surface area contributed by atoms with Gasteiger partial charge >= 0.3 is 25.7 Å². The summed E-state index contributed by atoms with van der Waals surface area (Å²) in [7, 11) is -4.71. The summed E-state index contributed by atoms with van der Waals surface area (Å²) < 4.78 is 32.7. The highest BCUT2D eigenvalue weighted by Gasteiger charge is 2.28.